The number of amides is 1. The van der Waals surface area contributed by atoms with Gasteiger partial charge in [-0.25, -0.2) is 9.07 Å². The Kier molecular flexibility index (Phi) is 9.93. The molecular weight excluding hydrogens is 554 g/mol. The number of Topliss-reactive ketones (excluding diaryl/α,β-unsaturated/α-hetero) is 1. The molecule has 5 rings (SSSR count). The van der Waals surface area contributed by atoms with E-state index >= 15 is 0 Å². The Balaban J connectivity index is 0.00000231. The lowest BCUT2D eigenvalue weighted by molar-refractivity contribution is -0.123. The highest BCUT2D eigenvalue weighted by atomic mass is 32.1. The topological polar surface area (TPSA) is 55.2 Å². The van der Waals surface area contributed by atoms with Crippen molar-refractivity contribution < 1.29 is 14.0 Å². The van der Waals surface area contributed by atoms with Crippen LogP contribution >= 0.6 is 27.0 Å². The van der Waals surface area contributed by atoms with Crippen LogP contribution in [0.15, 0.2) is 78.9 Å². The van der Waals surface area contributed by atoms with Crippen LogP contribution in [0.25, 0.3) is 5.69 Å². The Labute approximate surface area is 255 Å². The van der Waals surface area contributed by atoms with Crippen molar-refractivity contribution in [2.75, 3.05) is 11.4 Å². The molecule has 0 N–H and O–H groups in total. The summed E-state index contributed by atoms with van der Waals surface area (Å²) in [6, 6.07) is 23.7. The van der Waals surface area contributed by atoms with Crippen molar-refractivity contribution in [3.8, 4) is 5.69 Å². The molecular formula is C33H38FN3O2S2. The maximum Gasteiger partial charge on any atom is 0.232 e. The highest BCUT2D eigenvalue weighted by Crippen LogP contribution is 2.47. The van der Waals surface area contributed by atoms with E-state index in [4.69, 9.17) is 5.10 Å². The molecule has 0 saturated carbocycles. The molecule has 216 valence electrons. The van der Waals surface area contributed by atoms with Crippen molar-refractivity contribution in [2.45, 2.75) is 52.4 Å². The zero-order valence-corrected chi connectivity index (χ0v) is 26.1. The number of fused-ring (bicyclic) bond motifs is 1. The molecule has 1 amide bonds. The summed E-state index contributed by atoms with van der Waals surface area (Å²) in [5.74, 6) is -0.946. The number of aryl methyl sites for hydroxylation is 1. The summed E-state index contributed by atoms with van der Waals surface area (Å²) in [7, 11) is 0. The largest absolute Gasteiger partial charge is 0.296 e. The molecule has 2 atom stereocenters. The van der Waals surface area contributed by atoms with Crippen molar-refractivity contribution >= 4 is 44.5 Å². The van der Waals surface area contributed by atoms with Crippen LogP contribution < -0.4 is 4.90 Å². The van der Waals surface area contributed by atoms with Gasteiger partial charge in [-0.1, -0.05) is 69.3 Å². The summed E-state index contributed by atoms with van der Waals surface area (Å²) in [6.45, 7) is 10.6. The summed E-state index contributed by atoms with van der Waals surface area (Å²) < 4.78 is 15.8. The van der Waals surface area contributed by atoms with E-state index in [9.17, 15) is 14.0 Å². The summed E-state index contributed by atoms with van der Waals surface area (Å²) in [5, 5.41) is 4.86. The summed E-state index contributed by atoms with van der Waals surface area (Å²) >= 11 is 0. The molecule has 1 aliphatic rings. The van der Waals surface area contributed by atoms with Gasteiger partial charge in [-0.2, -0.15) is 32.1 Å². The standard InChI is InChI=1S/C33H34FN3O2.2H2S/c1-6-36-31-29(21(2)35-37(31)26-13-8-7-9-14-26)30(22-15-17-25(34)18-16-22)27(32(36)39)20-28(38)23-11-10-12-24(19-23)33(3,4)5;;/h7-19,27,30H,6,20H2,1-5H3;2*1H2/t27-,30+;;/m0../s1. The fraction of sp³-hybridized carbons (Fsp3) is 0.303. The number of benzene rings is 3. The molecule has 0 fully saturated rings. The van der Waals surface area contributed by atoms with Gasteiger partial charge < -0.3 is 0 Å². The van der Waals surface area contributed by atoms with Gasteiger partial charge in [-0.15, -0.1) is 0 Å². The number of rotatable bonds is 6. The lowest BCUT2D eigenvalue weighted by Crippen LogP contribution is -2.45. The van der Waals surface area contributed by atoms with Gasteiger partial charge in [0.05, 0.1) is 17.3 Å². The van der Waals surface area contributed by atoms with Crippen LogP contribution in [0.4, 0.5) is 10.2 Å². The van der Waals surface area contributed by atoms with Gasteiger partial charge in [0.15, 0.2) is 5.78 Å². The molecule has 1 aromatic heterocycles. The minimum Gasteiger partial charge on any atom is -0.296 e. The van der Waals surface area contributed by atoms with Crippen LogP contribution in [-0.4, -0.2) is 28.0 Å². The lowest BCUT2D eigenvalue weighted by atomic mass is 9.74. The maximum atomic E-state index is 14.2. The molecule has 1 aliphatic heterocycles. The number of anilines is 1. The van der Waals surface area contributed by atoms with Crippen LogP contribution in [0.3, 0.4) is 0 Å². The summed E-state index contributed by atoms with van der Waals surface area (Å²) in [4.78, 5) is 29.7. The molecule has 4 aromatic rings. The first-order valence-corrected chi connectivity index (χ1v) is 13.5. The Bertz CT molecular complexity index is 1530. The van der Waals surface area contributed by atoms with Crippen molar-refractivity contribution in [3.63, 3.8) is 0 Å². The van der Waals surface area contributed by atoms with E-state index in [1.54, 1.807) is 17.0 Å². The second-order valence-electron chi connectivity index (χ2n) is 11.2. The Hall–Kier alpha value is -3.36. The second kappa shape index (κ2) is 12.7. The van der Waals surface area contributed by atoms with Gasteiger partial charge in [-0.3, -0.25) is 14.5 Å². The smallest absolute Gasteiger partial charge is 0.232 e. The first-order valence-electron chi connectivity index (χ1n) is 13.5. The van der Waals surface area contributed by atoms with Crippen molar-refractivity contribution in [1.82, 2.24) is 9.78 Å². The number of nitrogens with zero attached hydrogens (tertiary/aromatic N) is 3. The van der Waals surface area contributed by atoms with Gasteiger partial charge in [-0.05, 0) is 60.7 Å². The number of ketones is 1. The summed E-state index contributed by atoms with van der Waals surface area (Å²) in [6.07, 6.45) is 0.0420. The monoisotopic (exact) mass is 591 g/mol. The highest BCUT2D eigenvalue weighted by Gasteiger charge is 2.45. The SMILES string of the molecule is CCN1C(=O)[C@@H](CC(=O)c2cccc(C(C)(C)C)c2)[C@@H](c2ccc(F)cc2)c2c(C)nn(-c3ccccc3)c21.S.S. The average molecular weight is 592 g/mol. The van der Waals surface area contributed by atoms with E-state index in [-0.39, 0.29) is 56.3 Å². The third kappa shape index (κ3) is 6.14. The zero-order chi connectivity index (χ0) is 27.9. The van der Waals surface area contributed by atoms with E-state index in [2.05, 4.69) is 20.8 Å². The van der Waals surface area contributed by atoms with E-state index in [1.165, 1.54) is 12.1 Å². The first kappa shape index (κ1) is 32.2. The zero-order valence-electron chi connectivity index (χ0n) is 24.1. The van der Waals surface area contributed by atoms with Crippen LogP contribution in [0.1, 0.15) is 72.8 Å². The molecule has 0 spiro atoms. The fourth-order valence-electron chi connectivity index (χ4n) is 5.61. The molecule has 0 saturated heterocycles. The van der Waals surface area contributed by atoms with Crippen LogP contribution in [0.5, 0.6) is 0 Å². The lowest BCUT2D eigenvalue weighted by Gasteiger charge is -2.38. The number of hydrogen-bond acceptors (Lipinski definition) is 3. The van der Waals surface area contributed by atoms with Crippen molar-refractivity contribution in [3.05, 3.63) is 113 Å². The molecule has 0 aliphatic carbocycles. The molecule has 2 heterocycles. The molecule has 0 unspecified atom stereocenters. The van der Waals surface area contributed by atoms with Crippen molar-refractivity contribution in [1.29, 1.82) is 0 Å². The normalized spacial score (nSPS) is 16.4. The predicted molar refractivity (Wildman–Crippen MR) is 173 cm³/mol. The third-order valence-electron chi connectivity index (χ3n) is 7.64. The fourth-order valence-corrected chi connectivity index (χ4v) is 5.61. The Morgan fingerprint density at radius 3 is 2.22 bits per heavy atom. The number of hydrogen-bond donors (Lipinski definition) is 0. The molecule has 8 heteroatoms. The third-order valence-corrected chi connectivity index (χ3v) is 7.64. The number of aromatic nitrogens is 2. The summed E-state index contributed by atoms with van der Waals surface area (Å²) in [5.41, 5.74) is 4.87. The number of carbonyl (C=O) groups excluding carboxylic acids is 2. The molecule has 3 aromatic carbocycles. The van der Waals surface area contributed by atoms with Gasteiger partial charge in [0.25, 0.3) is 0 Å². The average Bonchev–Trinajstić information content (AvgIpc) is 3.26. The Morgan fingerprint density at radius 1 is 0.951 bits per heavy atom. The number of halogens is 1. The van der Waals surface area contributed by atoms with Gasteiger partial charge >= 0.3 is 0 Å². The van der Waals surface area contributed by atoms with Crippen molar-refractivity contribution in [2.24, 2.45) is 5.92 Å². The molecule has 41 heavy (non-hydrogen) atoms. The number of para-hydroxylation sites is 1. The van der Waals surface area contributed by atoms with E-state index in [0.29, 0.717) is 17.9 Å². The minimum absolute atomic E-state index is 0. The van der Waals surface area contributed by atoms with Crippen LogP contribution in [-0.2, 0) is 10.2 Å². The maximum absolute atomic E-state index is 14.2. The molecule has 5 nitrogen and oxygen atoms in total. The van der Waals surface area contributed by atoms with E-state index < -0.39 is 11.8 Å². The van der Waals surface area contributed by atoms with E-state index in [1.807, 2.05) is 73.1 Å². The highest BCUT2D eigenvalue weighted by molar-refractivity contribution is 7.59. The quantitative estimate of drug-likeness (QED) is 0.222. The first-order chi connectivity index (χ1) is 18.6. The predicted octanol–water partition coefficient (Wildman–Crippen LogP) is 7.23. The van der Waals surface area contributed by atoms with Gasteiger partial charge in [0.1, 0.15) is 11.6 Å². The number of carbonyl (C=O) groups is 2. The second-order valence-corrected chi connectivity index (χ2v) is 11.2. The Morgan fingerprint density at radius 2 is 1.61 bits per heavy atom. The molecule has 0 radical (unpaired) electrons. The van der Waals surface area contributed by atoms with Gasteiger partial charge in [0, 0.05) is 30.0 Å². The molecule has 0 bridgehead atoms. The minimum atomic E-state index is -0.652. The van der Waals surface area contributed by atoms with Crippen LogP contribution in [0, 0.1) is 18.7 Å². The van der Waals surface area contributed by atoms with E-state index in [0.717, 1.165) is 28.1 Å². The van der Waals surface area contributed by atoms with Gasteiger partial charge in [0.2, 0.25) is 5.91 Å². The van der Waals surface area contributed by atoms with Crippen LogP contribution in [0.2, 0.25) is 0 Å².